The molecular weight excluding hydrogens is 508 g/mol. The largest absolute Gasteiger partial charge is 0.457 e. The zero-order chi connectivity index (χ0) is 23.5. The quantitative estimate of drug-likeness (QED) is 0.278. The molecule has 0 fully saturated rings. The Morgan fingerprint density at radius 3 is 2.31 bits per heavy atom. The first kappa shape index (κ1) is 24.1. The maximum absolute atomic E-state index is 12.7. The molecular formula is C21H12Cl3F3N2O2S. The Balaban J connectivity index is 1.60. The van der Waals surface area contributed by atoms with E-state index in [1.807, 2.05) is 0 Å². The van der Waals surface area contributed by atoms with Crippen LogP contribution >= 0.6 is 47.0 Å². The summed E-state index contributed by atoms with van der Waals surface area (Å²) < 4.78 is 43.8. The fourth-order valence-electron chi connectivity index (χ4n) is 2.55. The van der Waals surface area contributed by atoms with Crippen LogP contribution in [0.4, 0.5) is 18.9 Å². The van der Waals surface area contributed by atoms with Gasteiger partial charge in [-0.2, -0.15) is 13.2 Å². The molecule has 0 saturated carbocycles. The third kappa shape index (κ3) is 6.49. The minimum absolute atomic E-state index is 0.116. The van der Waals surface area contributed by atoms with Gasteiger partial charge in [0.1, 0.15) is 11.5 Å². The van der Waals surface area contributed by atoms with E-state index in [4.69, 9.17) is 51.4 Å². The monoisotopic (exact) mass is 518 g/mol. The molecule has 11 heteroatoms. The molecule has 0 unspecified atom stereocenters. The summed E-state index contributed by atoms with van der Waals surface area (Å²) in [6, 6.07) is 11.0. The molecule has 0 atom stereocenters. The second-order valence-electron chi connectivity index (χ2n) is 6.33. The summed E-state index contributed by atoms with van der Waals surface area (Å²) in [7, 11) is 0. The van der Waals surface area contributed by atoms with Crippen LogP contribution in [-0.2, 0) is 11.0 Å². The highest BCUT2D eigenvalue weighted by Crippen LogP contribution is 2.33. The lowest BCUT2D eigenvalue weighted by molar-refractivity contribution is -0.137. The Hall–Kier alpha value is -2.52. The number of furan rings is 1. The van der Waals surface area contributed by atoms with E-state index in [1.165, 1.54) is 12.2 Å². The van der Waals surface area contributed by atoms with Crippen molar-refractivity contribution >= 4 is 69.8 Å². The van der Waals surface area contributed by atoms with E-state index in [9.17, 15) is 18.0 Å². The zero-order valence-corrected chi connectivity index (χ0v) is 18.9. The van der Waals surface area contributed by atoms with Gasteiger partial charge in [0.25, 0.3) is 0 Å². The second kappa shape index (κ2) is 9.95. The van der Waals surface area contributed by atoms with Gasteiger partial charge in [0.05, 0.1) is 16.3 Å². The molecule has 0 saturated heterocycles. The van der Waals surface area contributed by atoms with Gasteiger partial charge in [-0.1, -0.05) is 34.8 Å². The lowest BCUT2D eigenvalue weighted by Crippen LogP contribution is -2.32. The predicted molar refractivity (Wildman–Crippen MR) is 124 cm³/mol. The number of alkyl halides is 3. The highest BCUT2D eigenvalue weighted by molar-refractivity contribution is 7.80. The normalized spacial score (nSPS) is 11.6. The lowest BCUT2D eigenvalue weighted by atomic mass is 10.2. The van der Waals surface area contributed by atoms with Crippen LogP contribution in [-0.4, -0.2) is 11.0 Å². The number of carbonyl (C=O) groups is 1. The van der Waals surface area contributed by atoms with Crippen LogP contribution in [0.15, 0.2) is 59.0 Å². The van der Waals surface area contributed by atoms with Crippen LogP contribution in [0.2, 0.25) is 15.1 Å². The van der Waals surface area contributed by atoms with Crippen molar-refractivity contribution in [3.8, 4) is 11.3 Å². The number of hydrogen-bond donors (Lipinski definition) is 2. The summed E-state index contributed by atoms with van der Waals surface area (Å²) >= 11 is 22.8. The molecule has 3 rings (SSSR count). The lowest BCUT2D eigenvalue weighted by Gasteiger charge is -2.12. The van der Waals surface area contributed by atoms with Crippen molar-refractivity contribution < 1.29 is 22.4 Å². The number of rotatable bonds is 4. The van der Waals surface area contributed by atoms with Crippen molar-refractivity contribution in [1.29, 1.82) is 0 Å². The fourth-order valence-corrected chi connectivity index (χ4v) is 3.52. The van der Waals surface area contributed by atoms with Crippen molar-refractivity contribution in [3.05, 3.63) is 81.0 Å². The molecule has 1 amide bonds. The fraction of sp³-hybridized carbons (Fsp3) is 0.0476. The van der Waals surface area contributed by atoms with Crippen molar-refractivity contribution in [2.24, 2.45) is 0 Å². The Bertz CT molecular complexity index is 1190. The molecule has 0 radical (unpaired) electrons. The Morgan fingerprint density at radius 2 is 1.69 bits per heavy atom. The van der Waals surface area contributed by atoms with Gasteiger partial charge in [-0.25, -0.2) is 0 Å². The summed E-state index contributed by atoms with van der Waals surface area (Å²) in [5.41, 5.74) is -0.112. The van der Waals surface area contributed by atoms with Gasteiger partial charge in [-0.05, 0) is 66.8 Å². The molecule has 0 aliphatic carbocycles. The van der Waals surface area contributed by atoms with E-state index >= 15 is 0 Å². The van der Waals surface area contributed by atoms with Crippen LogP contribution in [0.5, 0.6) is 0 Å². The average Bonchev–Trinajstić information content (AvgIpc) is 3.15. The van der Waals surface area contributed by atoms with Crippen molar-refractivity contribution in [2.45, 2.75) is 6.18 Å². The first-order valence-corrected chi connectivity index (χ1v) is 10.3. The van der Waals surface area contributed by atoms with E-state index in [1.54, 1.807) is 30.3 Å². The van der Waals surface area contributed by atoms with Crippen LogP contribution in [0.3, 0.4) is 0 Å². The number of carbonyl (C=O) groups excluding carboxylic acids is 1. The van der Waals surface area contributed by atoms with Gasteiger partial charge in [-0.3, -0.25) is 10.1 Å². The number of halogens is 6. The minimum Gasteiger partial charge on any atom is -0.457 e. The third-order valence-electron chi connectivity index (χ3n) is 3.95. The summed E-state index contributed by atoms with van der Waals surface area (Å²) in [6.45, 7) is 0. The molecule has 2 N–H and O–H groups in total. The first-order valence-electron chi connectivity index (χ1n) is 8.74. The average molecular weight is 520 g/mol. The number of hydrogen-bond acceptors (Lipinski definition) is 3. The predicted octanol–water partition coefficient (Wildman–Crippen LogP) is 7.45. The molecule has 3 aromatic rings. The van der Waals surface area contributed by atoms with Gasteiger partial charge in [0, 0.05) is 21.7 Å². The number of benzene rings is 2. The highest BCUT2D eigenvalue weighted by Gasteiger charge is 2.30. The molecule has 32 heavy (non-hydrogen) atoms. The molecule has 1 heterocycles. The van der Waals surface area contributed by atoms with E-state index in [-0.39, 0.29) is 15.8 Å². The van der Waals surface area contributed by atoms with Gasteiger partial charge in [0.15, 0.2) is 5.11 Å². The van der Waals surface area contributed by atoms with Gasteiger partial charge < -0.3 is 9.73 Å². The first-order chi connectivity index (χ1) is 15.0. The summed E-state index contributed by atoms with van der Waals surface area (Å²) in [6.07, 6.45) is -1.93. The van der Waals surface area contributed by atoms with E-state index < -0.39 is 17.6 Å². The summed E-state index contributed by atoms with van der Waals surface area (Å²) in [4.78, 5) is 12.1. The molecule has 0 spiro atoms. The minimum atomic E-state index is -4.52. The number of amides is 1. The SMILES string of the molecule is O=C(/C=C/c1ccc(-c2cc(Cl)cc(Cl)c2)o1)NC(=S)Nc1ccc(C(F)(F)F)cc1Cl. The molecule has 0 aliphatic heterocycles. The van der Waals surface area contributed by atoms with E-state index in [0.717, 1.165) is 18.2 Å². The summed E-state index contributed by atoms with van der Waals surface area (Å²) in [5.74, 6) is 0.300. The van der Waals surface area contributed by atoms with E-state index in [0.29, 0.717) is 27.1 Å². The number of thiocarbonyl (C=S) groups is 1. The molecule has 0 bridgehead atoms. The topological polar surface area (TPSA) is 54.3 Å². The highest BCUT2D eigenvalue weighted by atomic mass is 35.5. The van der Waals surface area contributed by atoms with Gasteiger partial charge in [0.2, 0.25) is 5.91 Å². The maximum atomic E-state index is 12.7. The smallest absolute Gasteiger partial charge is 0.416 e. The maximum Gasteiger partial charge on any atom is 0.416 e. The van der Waals surface area contributed by atoms with Gasteiger partial charge >= 0.3 is 6.18 Å². The van der Waals surface area contributed by atoms with Crippen LogP contribution in [0.1, 0.15) is 11.3 Å². The number of anilines is 1. The standard InChI is InChI=1S/C21H12Cl3F3N2O2S/c22-13-7-11(8-14(23)10-13)18-5-2-15(31-18)3-6-19(30)29-20(32)28-17-4-1-12(9-16(17)24)21(25,26)27/h1-10H,(H2,28,29,30,32)/b6-3+. The molecule has 1 aromatic heterocycles. The van der Waals surface area contributed by atoms with Crippen LogP contribution in [0, 0.1) is 0 Å². The Kier molecular flexibility index (Phi) is 7.51. The Morgan fingerprint density at radius 1 is 1.00 bits per heavy atom. The van der Waals surface area contributed by atoms with Gasteiger partial charge in [-0.15, -0.1) is 0 Å². The van der Waals surface area contributed by atoms with Crippen LogP contribution < -0.4 is 10.6 Å². The van der Waals surface area contributed by atoms with Crippen molar-refractivity contribution in [3.63, 3.8) is 0 Å². The zero-order valence-electron chi connectivity index (χ0n) is 15.8. The second-order valence-corrected chi connectivity index (χ2v) is 8.02. The van der Waals surface area contributed by atoms with Crippen molar-refractivity contribution in [2.75, 3.05) is 5.32 Å². The molecule has 166 valence electrons. The molecule has 0 aliphatic rings. The van der Waals surface area contributed by atoms with E-state index in [2.05, 4.69) is 10.6 Å². The number of nitrogens with one attached hydrogen (secondary N) is 2. The third-order valence-corrected chi connectivity index (χ3v) is 4.91. The van der Waals surface area contributed by atoms with Crippen molar-refractivity contribution in [1.82, 2.24) is 5.32 Å². The Labute approximate surface area is 201 Å². The van der Waals surface area contributed by atoms with Crippen LogP contribution in [0.25, 0.3) is 17.4 Å². The molecule has 4 nitrogen and oxygen atoms in total. The summed E-state index contributed by atoms with van der Waals surface area (Å²) in [5, 5.41) is 5.50. The molecule has 2 aromatic carbocycles.